The first kappa shape index (κ1) is 15.9. The first-order chi connectivity index (χ1) is 8.64. The van der Waals surface area contributed by atoms with Gasteiger partial charge in [0, 0.05) is 18.8 Å². The van der Waals surface area contributed by atoms with Gasteiger partial charge in [0.05, 0.1) is 31.3 Å². The van der Waals surface area contributed by atoms with Crippen LogP contribution >= 0.6 is 0 Å². The van der Waals surface area contributed by atoms with Crippen LogP contribution in [0.15, 0.2) is 0 Å². The lowest BCUT2D eigenvalue weighted by Crippen LogP contribution is -2.58. The Labute approximate surface area is 114 Å². The monoisotopic (exact) mass is 269 g/mol. The van der Waals surface area contributed by atoms with E-state index in [1.54, 1.807) is 0 Å². The van der Waals surface area contributed by atoms with Crippen molar-refractivity contribution in [1.82, 2.24) is 0 Å². The molecule has 0 aromatic carbocycles. The second-order valence-corrected chi connectivity index (χ2v) is 6.09. The van der Waals surface area contributed by atoms with Gasteiger partial charge in [0.1, 0.15) is 0 Å². The number of hydrogen-bond acceptors (Lipinski definition) is 5. The normalized spacial score (nSPS) is 26.5. The van der Waals surface area contributed by atoms with Gasteiger partial charge in [-0.1, -0.05) is 13.8 Å². The Morgan fingerprint density at radius 2 is 2.11 bits per heavy atom. The van der Waals surface area contributed by atoms with Crippen LogP contribution in [0.2, 0.25) is 0 Å². The van der Waals surface area contributed by atoms with Crippen LogP contribution in [0, 0.1) is 16.7 Å². The van der Waals surface area contributed by atoms with Crippen LogP contribution in [0.1, 0.15) is 47.5 Å². The Morgan fingerprint density at radius 1 is 1.47 bits per heavy atom. The number of carbonyl (C=O) groups is 1. The first-order valence-electron chi connectivity index (χ1n) is 6.49. The largest absolute Gasteiger partial charge is 0.465 e. The lowest BCUT2D eigenvalue weighted by atomic mass is 9.71. The molecule has 1 saturated heterocycles. The van der Waals surface area contributed by atoms with Crippen LogP contribution in [-0.4, -0.2) is 30.6 Å². The summed E-state index contributed by atoms with van der Waals surface area (Å²) in [5.41, 5.74) is -1.13. The van der Waals surface area contributed by atoms with Crippen molar-refractivity contribution in [2.45, 2.75) is 58.8 Å². The SMILES string of the molecule is CC(=O)OCC(C)(C)[C@@]1(CC#N)CCOC(C)(C)O1. The summed E-state index contributed by atoms with van der Waals surface area (Å²) in [6.45, 7) is 9.70. The molecule has 1 fully saturated rings. The molecule has 0 N–H and O–H groups in total. The Bertz CT molecular complexity index is 383. The fraction of sp³-hybridized carbons (Fsp3) is 0.857. The molecule has 1 atom stereocenters. The summed E-state index contributed by atoms with van der Waals surface area (Å²) >= 11 is 0. The second kappa shape index (κ2) is 5.48. The average molecular weight is 269 g/mol. The van der Waals surface area contributed by atoms with Crippen molar-refractivity contribution in [3.63, 3.8) is 0 Å². The first-order valence-corrected chi connectivity index (χ1v) is 6.49. The molecular weight excluding hydrogens is 246 g/mol. The average Bonchev–Trinajstić information content (AvgIpc) is 2.25. The van der Waals surface area contributed by atoms with Crippen molar-refractivity contribution < 1.29 is 19.0 Å². The topological polar surface area (TPSA) is 68.6 Å². The summed E-state index contributed by atoms with van der Waals surface area (Å²) in [6.07, 6.45) is 0.853. The minimum atomic E-state index is -0.734. The molecule has 1 aliphatic rings. The summed E-state index contributed by atoms with van der Waals surface area (Å²) in [4.78, 5) is 11.0. The highest BCUT2D eigenvalue weighted by atomic mass is 16.7. The van der Waals surface area contributed by atoms with Crippen molar-refractivity contribution in [2.75, 3.05) is 13.2 Å². The zero-order valence-corrected chi connectivity index (χ0v) is 12.4. The molecule has 1 rings (SSSR count). The standard InChI is InChI=1S/C14H23NO4/c1-11(16)17-10-12(2,3)14(6-8-15)7-9-18-13(4,5)19-14/h6-7,9-10H2,1-5H3/t14-/m1/s1. The summed E-state index contributed by atoms with van der Waals surface area (Å²) in [6, 6.07) is 2.19. The Balaban J connectivity index is 2.97. The molecule has 19 heavy (non-hydrogen) atoms. The summed E-state index contributed by atoms with van der Waals surface area (Å²) in [7, 11) is 0. The predicted octanol–water partition coefficient (Wildman–Crippen LogP) is 2.40. The van der Waals surface area contributed by atoms with Gasteiger partial charge in [-0.05, 0) is 13.8 Å². The lowest BCUT2D eigenvalue weighted by molar-refractivity contribution is -0.336. The summed E-state index contributed by atoms with van der Waals surface area (Å²) in [5.74, 6) is -1.06. The number of ether oxygens (including phenoxy) is 3. The fourth-order valence-corrected chi connectivity index (χ4v) is 2.39. The predicted molar refractivity (Wildman–Crippen MR) is 69.1 cm³/mol. The smallest absolute Gasteiger partial charge is 0.302 e. The third kappa shape index (κ3) is 3.68. The van der Waals surface area contributed by atoms with Crippen LogP contribution in [-0.2, 0) is 19.0 Å². The van der Waals surface area contributed by atoms with Crippen LogP contribution in [0.25, 0.3) is 0 Å². The van der Waals surface area contributed by atoms with E-state index in [1.807, 2.05) is 27.7 Å². The fourth-order valence-electron chi connectivity index (χ4n) is 2.39. The number of esters is 1. The molecular formula is C14H23NO4. The maximum Gasteiger partial charge on any atom is 0.302 e. The maximum absolute atomic E-state index is 11.0. The number of hydrogen-bond donors (Lipinski definition) is 0. The van der Waals surface area contributed by atoms with Gasteiger partial charge in [-0.3, -0.25) is 4.79 Å². The van der Waals surface area contributed by atoms with Gasteiger partial charge >= 0.3 is 5.97 Å². The van der Waals surface area contributed by atoms with Gasteiger partial charge in [-0.2, -0.15) is 5.26 Å². The van der Waals surface area contributed by atoms with Gasteiger partial charge in [-0.25, -0.2) is 0 Å². The van der Waals surface area contributed by atoms with Gasteiger partial charge in [-0.15, -0.1) is 0 Å². The number of carbonyl (C=O) groups excluding carboxylic acids is 1. The van der Waals surface area contributed by atoms with E-state index in [0.29, 0.717) is 13.0 Å². The van der Waals surface area contributed by atoms with E-state index in [-0.39, 0.29) is 19.0 Å². The Morgan fingerprint density at radius 3 is 2.58 bits per heavy atom. The molecule has 1 heterocycles. The van der Waals surface area contributed by atoms with Gasteiger partial charge in [0.2, 0.25) is 0 Å². The Kier molecular flexibility index (Phi) is 4.59. The van der Waals surface area contributed by atoms with Gasteiger partial charge in [0.25, 0.3) is 0 Å². The number of rotatable bonds is 4. The summed E-state index contributed by atoms with van der Waals surface area (Å²) in [5, 5.41) is 9.12. The molecule has 1 aliphatic heterocycles. The molecule has 0 aliphatic carbocycles. The maximum atomic E-state index is 11.0. The zero-order valence-electron chi connectivity index (χ0n) is 12.4. The highest BCUT2D eigenvalue weighted by molar-refractivity contribution is 5.65. The van der Waals surface area contributed by atoms with Crippen LogP contribution in [0.3, 0.4) is 0 Å². The van der Waals surface area contributed by atoms with E-state index in [4.69, 9.17) is 19.5 Å². The minimum absolute atomic E-state index is 0.222. The molecule has 0 bridgehead atoms. The molecule has 0 spiro atoms. The molecule has 108 valence electrons. The van der Waals surface area contributed by atoms with E-state index in [9.17, 15) is 4.79 Å². The van der Waals surface area contributed by atoms with E-state index < -0.39 is 16.8 Å². The van der Waals surface area contributed by atoms with Crippen molar-refractivity contribution >= 4 is 5.97 Å². The van der Waals surface area contributed by atoms with E-state index in [2.05, 4.69) is 6.07 Å². The van der Waals surface area contributed by atoms with E-state index in [0.717, 1.165) is 0 Å². The lowest BCUT2D eigenvalue weighted by Gasteiger charge is -2.51. The zero-order chi connectivity index (χ0) is 14.7. The van der Waals surface area contributed by atoms with Crippen molar-refractivity contribution in [3.8, 4) is 6.07 Å². The third-order valence-electron chi connectivity index (χ3n) is 3.63. The quantitative estimate of drug-likeness (QED) is 0.733. The minimum Gasteiger partial charge on any atom is -0.465 e. The van der Waals surface area contributed by atoms with E-state index >= 15 is 0 Å². The van der Waals surface area contributed by atoms with Crippen molar-refractivity contribution in [3.05, 3.63) is 0 Å². The molecule has 5 nitrogen and oxygen atoms in total. The third-order valence-corrected chi connectivity index (χ3v) is 3.63. The van der Waals surface area contributed by atoms with Crippen LogP contribution in [0.4, 0.5) is 0 Å². The molecule has 0 aromatic rings. The van der Waals surface area contributed by atoms with Gasteiger partial charge < -0.3 is 14.2 Å². The van der Waals surface area contributed by atoms with Crippen LogP contribution in [0.5, 0.6) is 0 Å². The highest BCUT2D eigenvalue weighted by Crippen LogP contribution is 2.45. The van der Waals surface area contributed by atoms with E-state index in [1.165, 1.54) is 6.92 Å². The number of nitriles is 1. The Hall–Kier alpha value is -1.12. The molecule has 0 amide bonds. The van der Waals surface area contributed by atoms with Gasteiger partial charge in [0.15, 0.2) is 5.79 Å². The second-order valence-electron chi connectivity index (χ2n) is 6.09. The summed E-state index contributed by atoms with van der Waals surface area (Å²) < 4.78 is 16.7. The molecule has 5 heteroatoms. The van der Waals surface area contributed by atoms with Crippen molar-refractivity contribution in [2.24, 2.45) is 5.41 Å². The molecule has 0 aromatic heterocycles. The molecule has 0 saturated carbocycles. The molecule has 0 unspecified atom stereocenters. The van der Waals surface area contributed by atoms with Crippen LogP contribution < -0.4 is 0 Å². The highest BCUT2D eigenvalue weighted by Gasteiger charge is 2.52. The number of nitrogens with zero attached hydrogens (tertiary/aromatic N) is 1. The molecule has 0 radical (unpaired) electrons. The van der Waals surface area contributed by atoms with Crippen molar-refractivity contribution in [1.29, 1.82) is 5.26 Å².